The third-order valence-corrected chi connectivity index (χ3v) is 3.48. The van der Waals surface area contributed by atoms with E-state index in [0.717, 1.165) is 17.0 Å². The van der Waals surface area contributed by atoms with Crippen molar-refractivity contribution in [1.82, 2.24) is 10.3 Å². The molecule has 20 heavy (non-hydrogen) atoms. The Morgan fingerprint density at radius 1 is 1.45 bits per heavy atom. The van der Waals surface area contributed by atoms with Gasteiger partial charge in [0.25, 0.3) is 5.91 Å². The predicted octanol–water partition coefficient (Wildman–Crippen LogP) is 1.01. The Balaban J connectivity index is 2.16. The zero-order valence-corrected chi connectivity index (χ0v) is 12.1. The zero-order chi connectivity index (χ0) is 14.7. The lowest BCUT2D eigenvalue weighted by Crippen LogP contribution is -2.26. The SMILES string of the molecule is CN(C)c1ccc(N)cc1C(=O)NCc1csc(=O)[nH]1. The van der Waals surface area contributed by atoms with Crippen molar-refractivity contribution in [3.05, 3.63) is 44.5 Å². The van der Waals surface area contributed by atoms with Crippen LogP contribution in [0.3, 0.4) is 0 Å². The molecule has 0 fully saturated rings. The number of nitrogens with one attached hydrogen (secondary N) is 2. The Bertz CT molecular complexity index is 675. The van der Waals surface area contributed by atoms with Gasteiger partial charge in [-0.1, -0.05) is 11.3 Å². The molecule has 106 valence electrons. The molecule has 0 atom stereocenters. The maximum absolute atomic E-state index is 12.2. The van der Waals surface area contributed by atoms with Crippen LogP contribution in [0.15, 0.2) is 28.4 Å². The number of carbonyl (C=O) groups excluding carboxylic acids is 1. The molecule has 0 unspecified atom stereocenters. The second-order valence-corrected chi connectivity index (χ2v) is 5.37. The summed E-state index contributed by atoms with van der Waals surface area (Å²) in [6.07, 6.45) is 0. The van der Waals surface area contributed by atoms with E-state index >= 15 is 0 Å². The number of nitrogen functional groups attached to an aromatic ring is 1. The fraction of sp³-hybridized carbons (Fsp3) is 0.231. The quantitative estimate of drug-likeness (QED) is 0.734. The average molecular weight is 292 g/mol. The lowest BCUT2D eigenvalue weighted by molar-refractivity contribution is 0.0951. The molecule has 0 saturated carbocycles. The van der Waals surface area contributed by atoms with Crippen LogP contribution in [0.4, 0.5) is 11.4 Å². The van der Waals surface area contributed by atoms with Gasteiger partial charge in [0.15, 0.2) is 0 Å². The van der Waals surface area contributed by atoms with Gasteiger partial charge < -0.3 is 20.9 Å². The van der Waals surface area contributed by atoms with Crippen molar-refractivity contribution in [2.24, 2.45) is 0 Å². The summed E-state index contributed by atoms with van der Waals surface area (Å²) in [5.74, 6) is -0.229. The number of aromatic amines is 1. The first-order chi connectivity index (χ1) is 9.47. The summed E-state index contributed by atoms with van der Waals surface area (Å²) in [4.78, 5) is 27.6. The van der Waals surface area contributed by atoms with Crippen LogP contribution in [0.5, 0.6) is 0 Å². The molecule has 2 rings (SSSR count). The van der Waals surface area contributed by atoms with Gasteiger partial charge in [-0.2, -0.15) is 0 Å². The van der Waals surface area contributed by atoms with E-state index in [9.17, 15) is 9.59 Å². The van der Waals surface area contributed by atoms with E-state index in [1.807, 2.05) is 19.0 Å². The molecule has 0 aliphatic carbocycles. The van der Waals surface area contributed by atoms with Gasteiger partial charge in [-0.15, -0.1) is 0 Å². The molecule has 1 amide bonds. The Morgan fingerprint density at radius 2 is 2.20 bits per heavy atom. The van der Waals surface area contributed by atoms with E-state index in [4.69, 9.17) is 5.73 Å². The Hall–Kier alpha value is -2.28. The molecule has 0 aliphatic rings. The molecule has 1 aromatic heterocycles. The predicted molar refractivity (Wildman–Crippen MR) is 81.3 cm³/mol. The van der Waals surface area contributed by atoms with Gasteiger partial charge in [-0.3, -0.25) is 9.59 Å². The van der Waals surface area contributed by atoms with Crippen LogP contribution in [0, 0.1) is 0 Å². The Kier molecular flexibility index (Phi) is 4.09. The number of carbonyl (C=O) groups is 1. The van der Waals surface area contributed by atoms with Crippen molar-refractivity contribution in [2.75, 3.05) is 24.7 Å². The van der Waals surface area contributed by atoms with Crippen LogP contribution in [0.25, 0.3) is 0 Å². The fourth-order valence-corrected chi connectivity index (χ4v) is 2.38. The van der Waals surface area contributed by atoms with Gasteiger partial charge in [0.1, 0.15) is 0 Å². The second kappa shape index (κ2) is 5.79. The molecular weight excluding hydrogens is 276 g/mol. The normalized spacial score (nSPS) is 10.3. The minimum Gasteiger partial charge on any atom is -0.399 e. The fourth-order valence-electron chi connectivity index (χ4n) is 1.80. The molecule has 1 aromatic carbocycles. The summed E-state index contributed by atoms with van der Waals surface area (Å²) in [6.45, 7) is 0.277. The van der Waals surface area contributed by atoms with Gasteiger partial charge in [0.05, 0.1) is 12.1 Å². The van der Waals surface area contributed by atoms with Gasteiger partial charge in [-0.25, -0.2) is 0 Å². The van der Waals surface area contributed by atoms with Crippen LogP contribution < -0.4 is 20.8 Å². The first-order valence-corrected chi connectivity index (χ1v) is 6.87. The number of anilines is 2. The number of benzene rings is 1. The molecule has 0 aliphatic heterocycles. The maximum atomic E-state index is 12.2. The Morgan fingerprint density at radius 3 is 2.80 bits per heavy atom. The summed E-state index contributed by atoms with van der Waals surface area (Å²) < 4.78 is 0. The van der Waals surface area contributed by atoms with E-state index in [-0.39, 0.29) is 17.3 Å². The van der Waals surface area contributed by atoms with E-state index in [0.29, 0.717) is 16.9 Å². The summed E-state index contributed by atoms with van der Waals surface area (Å²) in [5, 5.41) is 4.46. The highest BCUT2D eigenvalue weighted by Gasteiger charge is 2.13. The third kappa shape index (κ3) is 3.18. The van der Waals surface area contributed by atoms with Gasteiger partial charge in [-0.05, 0) is 18.2 Å². The van der Waals surface area contributed by atoms with E-state index < -0.39 is 0 Å². The number of amides is 1. The summed E-state index contributed by atoms with van der Waals surface area (Å²) in [6, 6.07) is 5.19. The van der Waals surface area contributed by atoms with Crippen molar-refractivity contribution in [1.29, 1.82) is 0 Å². The van der Waals surface area contributed by atoms with Crippen LogP contribution in [0.1, 0.15) is 16.1 Å². The number of rotatable bonds is 4. The number of hydrogen-bond donors (Lipinski definition) is 3. The molecule has 7 heteroatoms. The van der Waals surface area contributed by atoms with Crippen molar-refractivity contribution in [3.8, 4) is 0 Å². The van der Waals surface area contributed by atoms with Crippen molar-refractivity contribution in [2.45, 2.75) is 6.54 Å². The highest BCUT2D eigenvalue weighted by molar-refractivity contribution is 7.07. The second-order valence-electron chi connectivity index (χ2n) is 4.53. The van der Waals surface area contributed by atoms with E-state index in [1.54, 1.807) is 23.6 Å². The monoisotopic (exact) mass is 292 g/mol. The van der Waals surface area contributed by atoms with E-state index in [2.05, 4.69) is 10.3 Å². The van der Waals surface area contributed by atoms with Crippen molar-refractivity contribution in [3.63, 3.8) is 0 Å². The summed E-state index contributed by atoms with van der Waals surface area (Å²) in [7, 11) is 3.72. The molecule has 0 radical (unpaired) electrons. The smallest absolute Gasteiger partial charge is 0.304 e. The average Bonchev–Trinajstić information content (AvgIpc) is 2.81. The standard InChI is InChI=1S/C13H16N4O2S/c1-17(2)11-4-3-8(14)5-10(11)12(18)15-6-9-7-20-13(19)16-9/h3-5,7H,6,14H2,1-2H3,(H,15,18)(H,16,19). The van der Waals surface area contributed by atoms with Crippen molar-refractivity contribution >= 4 is 28.6 Å². The topological polar surface area (TPSA) is 91.2 Å². The number of aromatic nitrogens is 1. The summed E-state index contributed by atoms with van der Waals surface area (Å²) >= 11 is 1.07. The number of H-pyrrole nitrogens is 1. The molecule has 2 aromatic rings. The molecule has 1 heterocycles. The Labute approximate surface area is 120 Å². The van der Waals surface area contributed by atoms with E-state index in [1.165, 1.54) is 0 Å². The van der Waals surface area contributed by atoms with Crippen LogP contribution >= 0.6 is 11.3 Å². The van der Waals surface area contributed by atoms with Gasteiger partial charge in [0, 0.05) is 36.5 Å². The van der Waals surface area contributed by atoms with Crippen LogP contribution in [-0.2, 0) is 6.54 Å². The molecule has 6 nitrogen and oxygen atoms in total. The minimum atomic E-state index is -0.229. The number of hydrogen-bond acceptors (Lipinski definition) is 5. The molecule has 0 bridgehead atoms. The minimum absolute atomic E-state index is 0.132. The maximum Gasteiger partial charge on any atom is 0.304 e. The van der Waals surface area contributed by atoms with Crippen LogP contribution in [0.2, 0.25) is 0 Å². The molecular formula is C13H16N4O2S. The van der Waals surface area contributed by atoms with Crippen molar-refractivity contribution < 1.29 is 4.79 Å². The lowest BCUT2D eigenvalue weighted by atomic mass is 10.1. The third-order valence-electron chi connectivity index (χ3n) is 2.76. The largest absolute Gasteiger partial charge is 0.399 e. The lowest BCUT2D eigenvalue weighted by Gasteiger charge is -2.17. The molecule has 0 spiro atoms. The highest BCUT2D eigenvalue weighted by atomic mass is 32.1. The van der Waals surface area contributed by atoms with Gasteiger partial charge >= 0.3 is 4.87 Å². The highest BCUT2D eigenvalue weighted by Crippen LogP contribution is 2.21. The van der Waals surface area contributed by atoms with Crippen LogP contribution in [-0.4, -0.2) is 25.0 Å². The first-order valence-electron chi connectivity index (χ1n) is 5.99. The zero-order valence-electron chi connectivity index (χ0n) is 11.3. The first kappa shape index (κ1) is 14.1. The number of thiazole rings is 1. The van der Waals surface area contributed by atoms with Gasteiger partial charge in [0.2, 0.25) is 0 Å². The molecule has 4 N–H and O–H groups in total. The number of nitrogens with zero attached hydrogens (tertiary/aromatic N) is 1. The molecule has 0 saturated heterocycles. The number of nitrogens with two attached hydrogens (primary N) is 1. The summed E-state index contributed by atoms with van der Waals surface area (Å²) in [5.41, 5.74) is 8.24.